The van der Waals surface area contributed by atoms with Crippen LogP contribution in [0.15, 0.2) is 29.1 Å². The van der Waals surface area contributed by atoms with Gasteiger partial charge in [-0.1, -0.05) is 0 Å². The Bertz CT molecular complexity index is 618. The minimum absolute atomic E-state index is 0.197. The number of benzene rings is 1. The molecule has 82 valence electrons. The van der Waals surface area contributed by atoms with E-state index in [1.807, 2.05) is 0 Å². The molecule has 0 aliphatic rings. The fourth-order valence-corrected chi connectivity index (χ4v) is 1.44. The molecule has 2 aromatic rings. The maximum atomic E-state index is 13.5. The van der Waals surface area contributed by atoms with Crippen molar-refractivity contribution in [1.82, 2.24) is 4.98 Å². The largest absolute Gasteiger partial charge is 0.465 e. The highest BCUT2D eigenvalue weighted by Crippen LogP contribution is 2.16. The van der Waals surface area contributed by atoms with Crippen LogP contribution in [0.3, 0.4) is 0 Å². The third-order valence-electron chi connectivity index (χ3n) is 2.22. The van der Waals surface area contributed by atoms with Crippen LogP contribution >= 0.6 is 0 Å². The first kappa shape index (κ1) is 10.4. The Morgan fingerprint density at radius 3 is 2.81 bits per heavy atom. The molecular weight excluding hydrogens is 213 g/mol. The average Bonchev–Trinajstić information content (AvgIpc) is 2.28. The summed E-state index contributed by atoms with van der Waals surface area (Å²) in [6, 6.07) is 5.22. The molecule has 0 fully saturated rings. The summed E-state index contributed by atoms with van der Waals surface area (Å²) < 4.78 is 17.9. The Morgan fingerprint density at radius 2 is 2.12 bits per heavy atom. The molecular formula is C11H8FNO3. The van der Waals surface area contributed by atoms with Gasteiger partial charge in [-0.15, -0.1) is 0 Å². The Morgan fingerprint density at radius 1 is 1.38 bits per heavy atom. The summed E-state index contributed by atoms with van der Waals surface area (Å²) >= 11 is 0. The van der Waals surface area contributed by atoms with E-state index in [4.69, 9.17) is 0 Å². The highest BCUT2D eigenvalue weighted by molar-refractivity contribution is 5.94. The highest BCUT2D eigenvalue weighted by Gasteiger charge is 2.13. The van der Waals surface area contributed by atoms with Gasteiger partial charge in [0.05, 0.1) is 12.7 Å². The van der Waals surface area contributed by atoms with Crippen LogP contribution in [-0.2, 0) is 4.74 Å². The third kappa shape index (κ3) is 1.67. The van der Waals surface area contributed by atoms with E-state index in [9.17, 15) is 14.0 Å². The highest BCUT2D eigenvalue weighted by atomic mass is 19.1. The topological polar surface area (TPSA) is 59.2 Å². The SMILES string of the molecule is COC(=O)c1cc2[nH]c(=O)ccc2cc1F. The fourth-order valence-electron chi connectivity index (χ4n) is 1.44. The van der Waals surface area contributed by atoms with Crippen LogP contribution in [-0.4, -0.2) is 18.1 Å². The maximum Gasteiger partial charge on any atom is 0.340 e. The summed E-state index contributed by atoms with van der Waals surface area (Å²) in [5.74, 6) is -1.45. The normalized spacial score (nSPS) is 10.4. The first-order valence-electron chi connectivity index (χ1n) is 4.52. The Balaban J connectivity index is 2.73. The molecule has 1 heterocycles. The Hall–Kier alpha value is -2.17. The van der Waals surface area contributed by atoms with Gasteiger partial charge in [0.25, 0.3) is 0 Å². The van der Waals surface area contributed by atoms with Gasteiger partial charge >= 0.3 is 5.97 Å². The zero-order valence-corrected chi connectivity index (χ0v) is 8.41. The molecule has 5 heteroatoms. The van der Waals surface area contributed by atoms with E-state index in [0.717, 1.165) is 0 Å². The van der Waals surface area contributed by atoms with Gasteiger partial charge in [0.15, 0.2) is 0 Å². The first-order chi connectivity index (χ1) is 7.61. The van der Waals surface area contributed by atoms with E-state index in [2.05, 4.69) is 9.72 Å². The van der Waals surface area contributed by atoms with Gasteiger partial charge in [0.1, 0.15) is 5.82 Å². The number of aromatic amines is 1. The van der Waals surface area contributed by atoms with Crippen LogP contribution < -0.4 is 5.56 Å². The molecule has 0 bridgehead atoms. The van der Waals surface area contributed by atoms with E-state index in [1.54, 1.807) is 0 Å². The molecule has 0 saturated heterocycles. The average molecular weight is 221 g/mol. The maximum absolute atomic E-state index is 13.5. The van der Waals surface area contributed by atoms with Crippen LogP contribution in [0.4, 0.5) is 4.39 Å². The predicted molar refractivity (Wildman–Crippen MR) is 55.9 cm³/mol. The number of esters is 1. The summed E-state index contributed by atoms with van der Waals surface area (Å²) in [6.07, 6.45) is 0. The van der Waals surface area contributed by atoms with Crippen molar-refractivity contribution in [3.8, 4) is 0 Å². The number of nitrogens with one attached hydrogen (secondary N) is 1. The van der Waals surface area contributed by atoms with Crippen molar-refractivity contribution in [1.29, 1.82) is 0 Å². The van der Waals surface area contributed by atoms with Crippen LogP contribution in [0.25, 0.3) is 10.9 Å². The Kier molecular flexibility index (Phi) is 2.44. The van der Waals surface area contributed by atoms with E-state index in [1.165, 1.54) is 31.4 Å². The second kappa shape index (κ2) is 3.77. The van der Waals surface area contributed by atoms with Gasteiger partial charge in [0.2, 0.25) is 5.56 Å². The number of H-pyrrole nitrogens is 1. The number of pyridine rings is 1. The number of ether oxygens (including phenoxy) is 1. The molecule has 0 aliphatic carbocycles. The minimum atomic E-state index is -0.774. The van der Waals surface area contributed by atoms with Crippen molar-refractivity contribution < 1.29 is 13.9 Å². The van der Waals surface area contributed by atoms with Crippen molar-refractivity contribution >= 4 is 16.9 Å². The van der Waals surface area contributed by atoms with Gasteiger partial charge < -0.3 is 9.72 Å². The van der Waals surface area contributed by atoms with E-state index >= 15 is 0 Å². The number of hydrogen-bond donors (Lipinski definition) is 1. The van der Waals surface area contributed by atoms with Crippen LogP contribution in [0.5, 0.6) is 0 Å². The summed E-state index contributed by atoms with van der Waals surface area (Å²) in [4.78, 5) is 24.8. The second-order valence-corrected chi connectivity index (χ2v) is 3.23. The number of rotatable bonds is 1. The lowest BCUT2D eigenvalue weighted by molar-refractivity contribution is 0.0595. The van der Waals surface area contributed by atoms with Gasteiger partial charge in [0, 0.05) is 17.0 Å². The number of hydrogen-bond acceptors (Lipinski definition) is 3. The number of aromatic nitrogens is 1. The fraction of sp³-hybridized carbons (Fsp3) is 0.0909. The molecule has 0 saturated carbocycles. The molecule has 0 amide bonds. The first-order valence-corrected chi connectivity index (χ1v) is 4.52. The molecule has 0 radical (unpaired) electrons. The molecule has 0 aliphatic heterocycles. The zero-order chi connectivity index (χ0) is 11.7. The van der Waals surface area contributed by atoms with E-state index in [-0.39, 0.29) is 11.1 Å². The third-order valence-corrected chi connectivity index (χ3v) is 2.22. The quantitative estimate of drug-likeness (QED) is 0.741. The van der Waals surface area contributed by atoms with E-state index < -0.39 is 11.8 Å². The smallest absolute Gasteiger partial charge is 0.340 e. The molecule has 2 rings (SSSR count). The molecule has 1 N–H and O–H groups in total. The number of methoxy groups -OCH3 is 1. The van der Waals surface area contributed by atoms with Gasteiger partial charge in [-0.2, -0.15) is 0 Å². The van der Waals surface area contributed by atoms with Crippen LogP contribution in [0, 0.1) is 5.82 Å². The lowest BCUT2D eigenvalue weighted by Gasteiger charge is -2.03. The molecule has 0 spiro atoms. The van der Waals surface area contributed by atoms with Gasteiger partial charge in [-0.25, -0.2) is 9.18 Å². The van der Waals surface area contributed by atoms with Gasteiger partial charge in [-0.05, 0) is 18.2 Å². The molecule has 0 atom stereocenters. The van der Waals surface area contributed by atoms with Crippen molar-refractivity contribution in [2.45, 2.75) is 0 Å². The molecule has 4 nitrogen and oxygen atoms in total. The van der Waals surface area contributed by atoms with Crippen LogP contribution in [0.1, 0.15) is 10.4 Å². The Labute approximate surface area is 89.7 Å². The van der Waals surface area contributed by atoms with Crippen molar-refractivity contribution in [2.24, 2.45) is 0 Å². The van der Waals surface area contributed by atoms with Crippen molar-refractivity contribution in [2.75, 3.05) is 7.11 Å². The number of carbonyl (C=O) groups excluding carboxylic acids is 1. The number of fused-ring (bicyclic) bond motifs is 1. The lowest BCUT2D eigenvalue weighted by atomic mass is 10.1. The van der Waals surface area contributed by atoms with Crippen molar-refractivity contribution in [3.05, 3.63) is 46.0 Å². The number of carbonyl (C=O) groups is 1. The predicted octanol–water partition coefficient (Wildman–Crippen LogP) is 1.45. The lowest BCUT2D eigenvalue weighted by Crippen LogP contribution is -2.07. The van der Waals surface area contributed by atoms with Gasteiger partial charge in [-0.3, -0.25) is 4.79 Å². The molecule has 16 heavy (non-hydrogen) atoms. The minimum Gasteiger partial charge on any atom is -0.465 e. The monoisotopic (exact) mass is 221 g/mol. The summed E-state index contributed by atoms with van der Waals surface area (Å²) in [5.41, 5.74) is -0.110. The molecule has 0 unspecified atom stereocenters. The van der Waals surface area contributed by atoms with Crippen LogP contribution in [0.2, 0.25) is 0 Å². The zero-order valence-electron chi connectivity index (χ0n) is 8.41. The number of halogens is 1. The van der Waals surface area contributed by atoms with Crippen molar-refractivity contribution in [3.63, 3.8) is 0 Å². The summed E-state index contributed by atoms with van der Waals surface area (Å²) in [7, 11) is 1.17. The second-order valence-electron chi connectivity index (χ2n) is 3.23. The summed E-state index contributed by atoms with van der Waals surface area (Å²) in [5, 5.41) is 0.518. The standard InChI is InChI=1S/C11H8FNO3/c1-16-11(15)7-5-9-6(4-8(7)12)2-3-10(14)13-9/h2-5H,1H3,(H,13,14). The summed E-state index contributed by atoms with van der Waals surface area (Å²) in [6.45, 7) is 0. The molecule has 1 aromatic heterocycles. The molecule has 1 aromatic carbocycles. The van der Waals surface area contributed by atoms with E-state index in [0.29, 0.717) is 10.9 Å².